The molecular formula is C10H12N4O5. The van der Waals surface area contributed by atoms with Crippen LogP contribution in [0.2, 0.25) is 0 Å². The van der Waals surface area contributed by atoms with Gasteiger partial charge in [0.15, 0.2) is 6.23 Å². The highest BCUT2D eigenvalue weighted by Gasteiger charge is 2.56. The smallest absolute Gasteiger partial charge is 0.368 e. The molecule has 1 saturated heterocycles. The van der Waals surface area contributed by atoms with Crippen LogP contribution in [0, 0.1) is 12.3 Å². The Labute approximate surface area is 107 Å². The molecule has 0 radical (unpaired) electrons. The molecule has 0 amide bonds. The molecule has 1 fully saturated rings. The van der Waals surface area contributed by atoms with Gasteiger partial charge in [-0.3, -0.25) is 0 Å². The Morgan fingerprint density at radius 1 is 1.68 bits per heavy atom. The lowest BCUT2D eigenvalue weighted by atomic mass is 9.95. The molecule has 9 heteroatoms. The lowest BCUT2D eigenvalue weighted by Gasteiger charge is -2.25. The number of nitrogen functional groups attached to an aromatic ring is 1. The average Bonchev–Trinajstić information content (AvgIpc) is 2.63. The second-order valence-electron chi connectivity index (χ2n) is 4.03. The van der Waals surface area contributed by atoms with Crippen molar-refractivity contribution in [3.63, 3.8) is 0 Å². The molecule has 19 heavy (non-hydrogen) atoms. The summed E-state index contributed by atoms with van der Waals surface area (Å²) in [6.07, 6.45) is 2.06. The number of ether oxygens (including phenoxy) is 1. The lowest BCUT2D eigenvalue weighted by Crippen LogP contribution is -2.48. The third kappa shape index (κ3) is 1.96. The van der Waals surface area contributed by atoms with E-state index in [1.807, 2.05) is 5.92 Å². The van der Waals surface area contributed by atoms with Crippen LogP contribution >= 0.6 is 0 Å². The number of nitrogens with zero attached hydrogens (tertiary/aromatic N) is 3. The van der Waals surface area contributed by atoms with Crippen LogP contribution in [0.4, 0.5) is 5.82 Å². The van der Waals surface area contributed by atoms with Crippen molar-refractivity contribution in [2.45, 2.75) is 24.0 Å². The summed E-state index contributed by atoms with van der Waals surface area (Å²) in [5, 5.41) is 32.7. The van der Waals surface area contributed by atoms with Crippen LogP contribution in [0.3, 0.4) is 0 Å². The highest BCUT2D eigenvalue weighted by atomic mass is 16.6. The predicted molar refractivity (Wildman–Crippen MR) is 61.5 cm³/mol. The first-order valence-electron chi connectivity index (χ1n) is 5.30. The van der Waals surface area contributed by atoms with E-state index in [2.05, 4.69) is 10.1 Å². The summed E-state index contributed by atoms with van der Waals surface area (Å²) in [6, 6.07) is 0. The molecule has 4 atom stereocenters. The van der Waals surface area contributed by atoms with E-state index in [9.17, 15) is 15.0 Å². The van der Waals surface area contributed by atoms with Gasteiger partial charge in [-0.25, -0.2) is 4.79 Å². The van der Waals surface area contributed by atoms with Gasteiger partial charge < -0.3 is 25.8 Å². The van der Waals surface area contributed by atoms with E-state index in [0.29, 0.717) is 4.68 Å². The molecule has 0 aliphatic carbocycles. The lowest BCUT2D eigenvalue weighted by molar-refractivity contribution is -0.0835. The highest BCUT2D eigenvalue weighted by molar-refractivity contribution is 5.21. The maximum atomic E-state index is 11.6. The first-order valence-corrected chi connectivity index (χ1v) is 5.30. The van der Waals surface area contributed by atoms with Gasteiger partial charge >= 0.3 is 5.69 Å². The van der Waals surface area contributed by atoms with Crippen molar-refractivity contribution < 1.29 is 20.1 Å². The van der Waals surface area contributed by atoms with E-state index in [-0.39, 0.29) is 5.82 Å². The third-order valence-electron chi connectivity index (χ3n) is 2.85. The van der Waals surface area contributed by atoms with Crippen LogP contribution in [-0.2, 0) is 4.74 Å². The van der Waals surface area contributed by atoms with Gasteiger partial charge in [-0.15, -0.1) is 6.42 Å². The summed E-state index contributed by atoms with van der Waals surface area (Å²) >= 11 is 0. The maximum Gasteiger partial charge on any atom is 0.368 e. The summed E-state index contributed by atoms with van der Waals surface area (Å²) in [7, 11) is 0. The molecule has 0 spiro atoms. The Kier molecular flexibility index (Phi) is 3.25. The molecule has 0 unspecified atom stereocenters. The Morgan fingerprint density at radius 2 is 2.37 bits per heavy atom. The zero-order chi connectivity index (χ0) is 14.2. The van der Waals surface area contributed by atoms with E-state index in [0.717, 1.165) is 6.20 Å². The first-order chi connectivity index (χ1) is 8.93. The summed E-state index contributed by atoms with van der Waals surface area (Å²) < 4.78 is 5.83. The van der Waals surface area contributed by atoms with Gasteiger partial charge in [0.05, 0.1) is 12.8 Å². The number of nitrogens with two attached hydrogens (primary N) is 1. The largest absolute Gasteiger partial charge is 0.394 e. The summed E-state index contributed by atoms with van der Waals surface area (Å²) in [5.74, 6) is 1.85. The Balaban J connectivity index is 2.49. The van der Waals surface area contributed by atoms with Crippen molar-refractivity contribution in [2.75, 3.05) is 12.3 Å². The summed E-state index contributed by atoms with van der Waals surface area (Å²) in [6.45, 7) is -0.585. The second-order valence-corrected chi connectivity index (χ2v) is 4.03. The van der Waals surface area contributed by atoms with Crippen LogP contribution in [-0.4, -0.2) is 54.5 Å². The standard InChI is InChI=1S/C10H12N4O5/c1-2-10(18)7(16)5(4-15)19-8(10)14-9(17)13-6(11)3-12-14/h1,3,5,7-8,15-16,18H,4H2,(H2,11,13,17)/t5-,7-,8-,10-/m1/s1. The number of aliphatic hydroxyl groups excluding tert-OH is 2. The Morgan fingerprint density at radius 3 is 2.89 bits per heavy atom. The molecule has 0 aromatic carbocycles. The SMILES string of the molecule is C#C[C@@]1(O)[C@H](O)[C@@H](CO)O[C@H]1n1ncc(N)nc1=O. The number of hydrogen-bond donors (Lipinski definition) is 4. The molecule has 1 aliphatic rings. The quantitative estimate of drug-likeness (QED) is 0.411. The number of aliphatic hydroxyl groups is 3. The first kappa shape index (κ1) is 13.4. The number of anilines is 1. The fourth-order valence-corrected chi connectivity index (χ4v) is 1.84. The van der Waals surface area contributed by atoms with Gasteiger partial charge in [0.25, 0.3) is 0 Å². The van der Waals surface area contributed by atoms with E-state index in [1.54, 1.807) is 0 Å². The van der Waals surface area contributed by atoms with Crippen LogP contribution in [0.15, 0.2) is 11.0 Å². The fourth-order valence-electron chi connectivity index (χ4n) is 1.84. The number of rotatable bonds is 2. The maximum absolute atomic E-state index is 11.6. The van der Waals surface area contributed by atoms with E-state index in [4.69, 9.17) is 22.0 Å². The summed E-state index contributed by atoms with van der Waals surface area (Å²) in [5.41, 5.74) is 2.18. The molecule has 2 rings (SSSR count). The minimum Gasteiger partial charge on any atom is -0.394 e. The predicted octanol–water partition coefficient (Wildman–Crippen LogP) is -3.16. The number of terminal acetylenes is 1. The zero-order valence-electron chi connectivity index (χ0n) is 9.67. The van der Waals surface area contributed by atoms with Crippen molar-refractivity contribution >= 4 is 5.82 Å². The van der Waals surface area contributed by atoms with Crippen molar-refractivity contribution in [2.24, 2.45) is 0 Å². The minimum atomic E-state index is -2.21. The van der Waals surface area contributed by atoms with Crippen molar-refractivity contribution in [1.29, 1.82) is 0 Å². The van der Waals surface area contributed by atoms with E-state index in [1.165, 1.54) is 0 Å². The molecule has 1 aliphatic heterocycles. The van der Waals surface area contributed by atoms with Crippen molar-refractivity contribution in [1.82, 2.24) is 14.8 Å². The van der Waals surface area contributed by atoms with Gasteiger partial charge in [0.1, 0.15) is 18.0 Å². The Hall–Kier alpha value is -1.99. The van der Waals surface area contributed by atoms with E-state index >= 15 is 0 Å². The molecule has 9 nitrogen and oxygen atoms in total. The molecular weight excluding hydrogens is 256 g/mol. The van der Waals surface area contributed by atoms with Gasteiger partial charge in [0.2, 0.25) is 5.60 Å². The second kappa shape index (κ2) is 4.60. The summed E-state index contributed by atoms with van der Waals surface area (Å²) in [4.78, 5) is 15.1. The van der Waals surface area contributed by atoms with Gasteiger partial charge in [-0.1, -0.05) is 5.92 Å². The van der Waals surface area contributed by atoms with Crippen molar-refractivity contribution in [3.8, 4) is 12.3 Å². The normalized spacial score (nSPS) is 34.1. The molecule has 102 valence electrons. The number of hydrogen-bond acceptors (Lipinski definition) is 8. The zero-order valence-corrected chi connectivity index (χ0v) is 9.67. The van der Waals surface area contributed by atoms with E-state index < -0.39 is 36.3 Å². The van der Waals surface area contributed by atoms with Crippen molar-refractivity contribution in [3.05, 3.63) is 16.7 Å². The molecule has 2 heterocycles. The fraction of sp³-hybridized carbons (Fsp3) is 0.500. The Bertz CT molecular complexity index is 582. The van der Waals surface area contributed by atoms with Gasteiger partial charge in [0, 0.05) is 0 Å². The number of aromatic nitrogens is 3. The highest BCUT2D eigenvalue weighted by Crippen LogP contribution is 2.36. The van der Waals surface area contributed by atoms with Crippen LogP contribution in [0.5, 0.6) is 0 Å². The third-order valence-corrected chi connectivity index (χ3v) is 2.85. The molecule has 0 bridgehead atoms. The monoisotopic (exact) mass is 268 g/mol. The van der Waals surface area contributed by atoms with Gasteiger partial charge in [-0.05, 0) is 0 Å². The minimum absolute atomic E-state index is 0.109. The molecule has 0 saturated carbocycles. The van der Waals surface area contributed by atoms with Crippen LogP contribution < -0.4 is 11.4 Å². The average molecular weight is 268 g/mol. The van der Waals surface area contributed by atoms with Crippen LogP contribution in [0.1, 0.15) is 6.23 Å². The molecule has 1 aromatic rings. The molecule has 1 aromatic heterocycles. The van der Waals surface area contributed by atoms with Crippen LogP contribution in [0.25, 0.3) is 0 Å². The molecule has 5 N–H and O–H groups in total. The topological polar surface area (TPSA) is 144 Å². The van der Waals surface area contributed by atoms with Gasteiger partial charge in [-0.2, -0.15) is 14.8 Å².